The molecule has 1 aliphatic rings. The van der Waals surface area contributed by atoms with Gasteiger partial charge in [0.25, 0.3) is 0 Å². The number of nitrogens with zero attached hydrogens (tertiary/aromatic N) is 1. The van der Waals surface area contributed by atoms with Gasteiger partial charge in [0.05, 0.1) is 18.3 Å². The van der Waals surface area contributed by atoms with Gasteiger partial charge in [-0.3, -0.25) is 4.98 Å². The van der Waals surface area contributed by atoms with Gasteiger partial charge in [0.2, 0.25) is 0 Å². The lowest BCUT2D eigenvalue weighted by Crippen LogP contribution is -2.24. The van der Waals surface area contributed by atoms with Crippen molar-refractivity contribution in [1.82, 2.24) is 10.3 Å². The fourth-order valence-corrected chi connectivity index (χ4v) is 1.48. The van der Waals surface area contributed by atoms with E-state index in [1.165, 1.54) is 0 Å². The maximum atomic E-state index is 5.46. The number of hydrogen-bond acceptors (Lipinski definition) is 3. The predicted molar refractivity (Wildman–Crippen MR) is 50.4 cm³/mol. The second kappa shape index (κ2) is 4.35. The Hall–Kier alpha value is -0.930. The first-order chi connectivity index (χ1) is 6.47. The lowest BCUT2D eigenvalue weighted by Gasteiger charge is -2.13. The number of hydrogen-bond donors (Lipinski definition) is 1. The largest absolute Gasteiger partial charge is 0.379 e. The first-order valence-electron chi connectivity index (χ1n) is 4.69. The van der Waals surface area contributed by atoms with Crippen molar-refractivity contribution in [1.29, 1.82) is 0 Å². The van der Waals surface area contributed by atoms with Crippen LogP contribution in [0.1, 0.15) is 18.2 Å². The topological polar surface area (TPSA) is 34.1 Å². The second-order valence-electron chi connectivity index (χ2n) is 3.19. The van der Waals surface area contributed by atoms with Crippen LogP contribution in [0.3, 0.4) is 0 Å². The van der Waals surface area contributed by atoms with Gasteiger partial charge in [-0.2, -0.15) is 0 Å². The molecule has 1 aromatic heterocycles. The van der Waals surface area contributed by atoms with E-state index in [1.807, 2.05) is 24.4 Å². The number of aromatic nitrogens is 1. The van der Waals surface area contributed by atoms with E-state index >= 15 is 0 Å². The minimum Gasteiger partial charge on any atom is -0.379 e. The Morgan fingerprint density at radius 1 is 1.46 bits per heavy atom. The molecule has 13 heavy (non-hydrogen) atoms. The molecular formula is C10H14N2O. The SMILES string of the molecule is c1ccc([C@H]2COCCCN2)nc1. The average Bonchev–Trinajstić information content (AvgIpc) is 2.47. The fraction of sp³-hybridized carbons (Fsp3) is 0.500. The Bertz CT molecular complexity index is 242. The Balaban J connectivity index is 2.06. The number of pyridine rings is 1. The van der Waals surface area contributed by atoms with Crippen LogP contribution in [-0.2, 0) is 4.74 Å². The highest BCUT2D eigenvalue weighted by Crippen LogP contribution is 2.11. The molecule has 1 N–H and O–H groups in total. The Morgan fingerprint density at radius 2 is 2.46 bits per heavy atom. The summed E-state index contributed by atoms with van der Waals surface area (Å²) in [5.74, 6) is 0. The monoisotopic (exact) mass is 178 g/mol. The van der Waals surface area contributed by atoms with Gasteiger partial charge >= 0.3 is 0 Å². The summed E-state index contributed by atoms with van der Waals surface area (Å²) in [6.45, 7) is 2.61. The van der Waals surface area contributed by atoms with E-state index in [0.29, 0.717) is 0 Å². The molecule has 2 heterocycles. The zero-order valence-corrected chi connectivity index (χ0v) is 7.57. The lowest BCUT2D eigenvalue weighted by molar-refractivity contribution is 0.130. The van der Waals surface area contributed by atoms with Gasteiger partial charge in [-0.1, -0.05) is 6.07 Å². The molecule has 1 fully saturated rings. The standard InChI is InChI=1S/C10H14N2O/c1-2-5-11-9(4-1)10-8-13-7-3-6-12-10/h1-2,4-5,10,12H,3,6-8H2/t10-/m1/s1. The summed E-state index contributed by atoms with van der Waals surface area (Å²) >= 11 is 0. The molecule has 0 unspecified atom stereocenters. The van der Waals surface area contributed by atoms with E-state index in [1.54, 1.807) is 0 Å². The molecular weight excluding hydrogens is 164 g/mol. The molecule has 0 radical (unpaired) electrons. The van der Waals surface area contributed by atoms with Crippen molar-refractivity contribution in [3.8, 4) is 0 Å². The molecule has 3 heteroatoms. The van der Waals surface area contributed by atoms with Gasteiger partial charge in [-0.15, -0.1) is 0 Å². The van der Waals surface area contributed by atoms with Crippen LogP contribution in [0.5, 0.6) is 0 Å². The van der Waals surface area contributed by atoms with Crippen LogP contribution < -0.4 is 5.32 Å². The Morgan fingerprint density at radius 3 is 3.31 bits per heavy atom. The molecule has 0 saturated carbocycles. The summed E-state index contributed by atoms with van der Waals surface area (Å²) in [4.78, 5) is 4.30. The van der Waals surface area contributed by atoms with E-state index in [9.17, 15) is 0 Å². The van der Waals surface area contributed by atoms with Gasteiger partial charge < -0.3 is 10.1 Å². The molecule has 0 amide bonds. The summed E-state index contributed by atoms with van der Waals surface area (Å²) in [5.41, 5.74) is 1.07. The van der Waals surface area contributed by atoms with Gasteiger partial charge in [0, 0.05) is 12.8 Å². The van der Waals surface area contributed by atoms with Gasteiger partial charge in [0.1, 0.15) is 0 Å². The van der Waals surface area contributed by atoms with E-state index < -0.39 is 0 Å². The molecule has 1 atom stereocenters. The van der Waals surface area contributed by atoms with Crippen molar-refractivity contribution in [3.05, 3.63) is 30.1 Å². The van der Waals surface area contributed by atoms with Crippen LogP contribution in [0, 0.1) is 0 Å². The van der Waals surface area contributed by atoms with Crippen molar-refractivity contribution >= 4 is 0 Å². The molecule has 1 aromatic rings. The number of ether oxygens (including phenoxy) is 1. The van der Waals surface area contributed by atoms with Gasteiger partial charge in [-0.25, -0.2) is 0 Å². The van der Waals surface area contributed by atoms with Crippen molar-refractivity contribution in [3.63, 3.8) is 0 Å². The Labute approximate surface area is 78.1 Å². The molecule has 70 valence electrons. The van der Waals surface area contributed by atoms with Crippen molar-refractivity contribution in [2.75, 3.05) is 19.8 Å². The fourth-order valence-electron chi connectivity index (χ4n) is 1.48. The molecule has 0 aliphatic carbocycles. The summed E-state index contributed by atoms with van der Waals surface area (Å²) in [6, 6.07) is 6.24. The zero-order chi connectivity index (χ0) is 8.93. The highest BCUT2D eigenvalue weighted by atomic mass is 16.5. The van der Waals surface area contributed by atoms with Crippen LogP contribution in [0.25, 0.3) is 0 Å². The first kappa shape index (κ1) is 8.66. The van der Waals surface area contributed by atoms with Gasteiger partial charge in [-0.05, 0) is 25.1 Å². The number of rotatable bonds is 1. The average molecular weight is 178 g/mol. The van der Waals surface area contributed by atoms with E-state index in [0.717, 1.165) is 31.9 Å². The Kier molecular flexibility index (Phi) is 2.90. The van der Waals surface area contributed by atoms with Crippen molar-refractivity contribution < 1.29 is 4.74 Å². The normalized spacial score (nSPS) is 23.8. The van der Waals surface area contributed by atoms with E-state index in [2.05, 4.69) is 10.3 Å². The van der Waals surface area contributed by atoms with Crippen LogP contribution in [0.4, 0.5) is 0 Å². The summed E-state index contributed by atoms with van der Waals surface area (Å²) in [5, 5.41) is 3.41. The third kappa shape index (κ3) is 2.26. The minimum absolute atomic E-state index is 0.267. The molecule has 0 bridgehead atoms. The van der Waals surface area contributed by atoms with Crippen LogP contribution >= 0.6 is 0 Å². The molecule has 0 aromatic carbocycles. The smallest absolute Gasteiger partial charge is 0.0732 e. The zero-order valence-electron chi connectivity index (χ0n) is 7.57. The molecule has 3 nitrogen and oxygen atoms in total. The van der Waals surface area contributed by atoms with Crippen LogP contribution in [-0.4, -0.2) is 24.7 Å². The third-order valence-corrected chi connectivity index (χ3v) is 2.19. The maximum absolute atomic E-state index is 5.46. The first-order valence-corrected chi connectivity index (χ1v) is 4.69. The third-order valence-electron chi connectivity index (χ3n) is 2.19. The summed E-state index contributed by atoms with van der Waals surface area (Å²) in [6.07, 6.45) is 2.91. The summed E-state index contributed by atoms with van der Waals surface area (Å²) in [7, 11) is 0. The van der Waals surface area contributed by atoms with E-state index in [-0.39, 0.29) is 6.04 Å². The second-order valence-corrected chi connectivity index (χ2v) is 3.19. The predicted octanol–water partition coefficient (Wildman–Crippen LogP) is 1.13. The highest BCUT2D eigenvalue weighted by Gasteiger charge is 2.14. The minimum atomic E-state index is 0.267. The summed E-state index contributed by atoms with van der Waals surface area (Å²) < 4.78 is 5.46. The maximum Gasteiger partial charge on any atom is 0.0732 e. The van der Waals surface area contributed by atoms with Crippen molar-refractivity contribution in [2.24, 2.45) is 0 Å². The highest BCUT2D eigenvalue weighted by molar-refractivity contribution is 5.08. The van der Waals surface area contributed by atoms with Crippen molar-refractivity contribution in [2.45, 2.75) is 12.5 Å². The lowest BCUT2D eigenvalue weighted by atomic mass is 10.2. The van der Waals surface area contributed by atoms with Crippen LogP contribution in [0.15, 0.2) is 24.4 Å². The quantitative estimate of drug-likeness (QED) is 0.700. The number of nitrogens with one attached hydrogen (secondary N) is 1. The van der Waals surface area contributed by atoms with Gasteiger partial charge in [0.15, 0.2) is 0 Å². The molecule has 1 saturated heterocycles. The van der Waals surface area contributed by atoms with Crippen LogP contribution in [0.2, 0.25) is 0 Å². The molecule has 0 spiro atoms. The molecule has 2 rings (SSSR count). The molecule has 1 aliphatic heterocycles. The van der Waals surface area contributed by atoms with E-state index in [4.69, 9.17) is 4.74 Å².